The van der Waals surface area contributed by atoms with Crippen molar-refractivity contribution in [3.05, 3.63) is 34.6 Å². The highest BCUT2D eigenvalue weighted by Crippen LogP contribution is 2.33. The SMILES string of the molecule is CN1CC[C@@H](NS(=O)(=O)N(C)C)[C@H]1c1ccc(Cl)c(F)c1. The van der Waals surface area contributed by atoms with E-state index in [9.17, 15) is 12.8 Å². The molecule has 1 aromatic carbocycles. The molecule has 0 spiro atoms. The summed E-state index contributed by atoms with van der Waals surface area (Å²) in [6, 6.07) is 4.07. The van der Waals surface area contributed by atoms with Crippen LogP contribution in [0.5, 0.6) is 0 Å². The van der Waals surface area contributed by atoms with E-state index in [2.05, 4.69) is 4.72 Å². The Morgan fingerprint density at radius 2 is 2.10 bits per heavy atom. The lowest BCUT2D eigenvalue weighted by molar-refractivity contribution is 0.296. The first-order chi connectivity index (χ1) is 9.72. The third-order valence-electron chi connectivity index (χ3n) is 3.72. The topological polar surface area (TPSA) is 52.7 Å². The first-order valence-electron chi connectivity index (χ1n) is 6.57. The molecule has 0 aromatic heterocycles. The van der Waals surface area contributed by atoms with Gasteiger partial charge in [-0.25, -0.2) is 4.39 Å². The van der Waals surface area contributed by atoms with Crippen LogP contribution in [0, 0.1) is 5.82 Å². The zero-order valence-electron chi connectivity index (χ0n) is 12.2. The lowest BCUT2D eigenvalue weighted by atomic mass is 10.0. The van der Waals surface area contributed by atoms with Crippen LogP contribution >= 0.6 is 11.6 Å². The summed E-state index contributed by atoms with van der Waals surface area (Å²) in [7, 11) is 1.30. The Kier molecular flexibility index (Phi) is 4.89. The van der Waals surface area contributed by atoms with Crippen LogP contribution in [0.2, 0.25) is 5.02 Å². The molecule has 1 N–H and O–H groups in total. The minimum Gasteiger partial charge on any atom is -0.298 e. The summed E-state index contributed by atoms with van der Waals surface area (Å²) in [5.74, 6) is -0.497. The maximum Gasteiger partial charge on any atom is 0.279 e. The van der Waals surface area contributed by atoms with Gasteiger partial charge in [0.05, 0.1) is 11.1 Å². The Morgan fingerprint density at radius 3 is 2.67 bits per heavy atom. The summed E-state index contributed by atoms with van der Waals surface area (Å²) in [4.78, 5) is 2.01. The number of likely N-dealkylation sites (tertiary alicyclic amines) is 1. The maximum absolute atomic E-state index is 13.7. The Bertz CT molecular complexity index is 624. The van der Waals surface area contributed by atoms with Crippen LogP contribution in [0.25, 0.3) is 0 Å². The normalized spacial score (nSPS) is 23.9. The van der Waals surface area contributed by atoms with Gasteiger partial charge in [-0.05, 0) is 31.2 Å². The van der Waals surface area contributed by atoms with Gasteiger partial charge < -0.3 is 0 Å². The van der Waals surface area contributed by atoms with Crippen molar-refractivity contribution < 1.29 is 12.8 Å². The monoisotopic (exact) mass is 335 g/mol. The van der Waals surface area contributed by atoms with Gasteiger partial charge in [0.2, 0.25) is 0 Å². The standard InChI is InChI=1S/C13H19ClFN3O2S/c1-17(2)21(19,20)16-12-6-7-18(3)13(12)9-4-5-10(14)11(15)8-9/h4-5,8,12-13,16H,6-7H2,1-3H3/t12-,13-/m1/s1. The second-order valence-corrected chi connectivity index (χ2v) is 7.72. The molecule has 0 radical (unpaired) electrons. The van der Waals surface area contributed by atoms with Crippen LogP contribution in [0.3, 0.4) is 0 Å². The summed E-state index contributed by atoms with van der Waals surface area (Å²) >= 11 is 5.70. The summed E-state index contributed by atoms with van der Waals surface area (Å²) in [6.45, 7) is 0.732. The molecule has 8 heteroatoms. The van der Waals surface area contributed by atoms with E-state index in [1.807, 2.05) is 11.9 Å². The van der Waals surface area contributed by atoms with Gasteiger partial charge in [0, 0.05) is 26.7 Å². The van der Waals surface area contributed by atoms with Crippen molar-refractivity contribution >= 4 is 21.8 Å². The number of hydrogen-bond acceptors (Lipinski definition) is 3. The van der Waals surface area contributed by atoms with Crippen molar-refractivity contribution in [2.24, 2.45) is 0 Å². The summed E-state index contributed by atoms with van der Waals surface area (Å²) < 4.78 is 41.4. The highest BCUT2D eigenvalue weighted by atomic mass is 35.5. The fourth-order valence-corrected chi connectivity index (χ4v) is 3.51. The first kappa shape index (κ1) is 16.6. The third-order valence-corrected chi connectivity index (χ3v) is 5.58. The Morgan fingerprint density at radius 1 is 1.43 bits per heavy atom. The number of nitrogens with one attached hydrogen (secondary N) is 1. The molecule has 21 heavy (non-hydrogen) atoms. The van der Waals surface area contributed by atoms with E-state index in [1.54, 1.807) is 6.07 Å². The molecule has 1 saturated heterocycles. The molecule has 1 aliphatic rings. The summed E-state index contributed by atoms with van der Waals surface area (Å²) in [5, 5.41) is 0.0600. The molecule has 2 rings (SSSR count). The van der Waals surface area contributed by atoms with E-state index in [1.165, 1.54) is 26.2 Å². The van der Waals surface area contributed by atoms with Crippen LogP contribution in [-0.4, -0.2) is 51.4 Å². The van der Waals surface area contributed by atoms with Gasteiger partial charge in [0.25, 0.3) is 10.2 Å². The van der Waals surface area contributed by atoms with Crippen molar-refractivity contribution in [2.45, 2.75) is 18.5 Å². The molecule has 1 fully saturated rings. The van der Waals surface area contributed by atoms with Gasteiger partial charge in [-0.15, -0.1) is 0 Å². The fourth-order valence-electron chi connectivity index (χ4n) is 2.55. The Labute approximate surface area is 129 Å². The van der Waals surface area contributed by atoms with Gasteiger partial charge in [-0.3, -0.25) is 4.90 Å². The van der Waals surface area contributed by atoms with Crippen LogP contribution in [-0.2, 0) is 10.2 Å². The van der Waals surface area contributed by atoms with Gasteiger partial charge in [-0.2, -0.15) is 17.4 Å². The average molecular weight is 336 g/mol. The second kappa shape index (κ2) is 6.18. The average Bonchev–Trinajstić information content (AvgIpc) is 2.73. The highest BCUT2D eigenvalue weighted by molar-refractivity contribution is 7.87. The van der Waals surface area contributed by atoms with Crippen LogP contribution in [0.1, 0.15) is 18.0 Å². The first-order valence-corrected chi connectivity index (χ1v) is 8.39. The van der Waals surface area contributed by atoms with E-state index in [-0.39, 0.29) is 17.1 Å². The summed E-state index contributed by atoms with van der Waals surface area (Å²) in [5.41, 5.74) is 0.711. The lowest BCUT2D eigenvalue weighted by Gasteiger charge is -2.27. The van der Waals surface area contributed by atoms with Crippen LogP contribution < -0.4 is 4.72 Å². The summed E-state index contributed by atoms with van der Waals surface area (Å²) in [6.07, 6.45) is 0.665. The third kappa shape index (κ3) is 3.54. The number of likely N-dealkylation sites (N-methyl/N-ethyl adjacent to an activating group) is 1. The van der Waals surface area contributed by atoms with Crippen molar-refractivity contribution in [3.63, 3.8) is 0 Å². The van der Waals surface area contributed by atoms with E-state index >= 15 is 0 Å². The molecule has 0 aliphatic carbocycles. The van der Waals surface area contributed by atoms with Crippen molar-refractivity contribution in [2.75, 3.05) is 27.7 Å². The molecular formula is C13H19ClFN3O2S. The molecule has 0 amide bonds. The minimum atomic E-state index is -3.53. The zero-order chi connectivity index (χ0) is 15.8. The van der Waals surface area contributed by atoms with Crippen LogP contribution in [0.15, 0.2) is 18.2 Å². The fraction of sp³-hybridized carbons (Fsp3) is 0.538. The maximum atomic E-state index is 13.7. The molecule has 0 bridgehead atoms. The second-order valence-electron chi connectivity index (χ2n) is 5.40. The number of halogens is 2. The molecule has 1 heterocycles. The van der Waals surface area contributed by atoms with Gasteiger partial charge in [-0.1, -0.05) is 17.7 Å². The van der Waals surface area contributed by atoms with E-state index in [4.69, 9.17) is 11.6 Å². The largest absolute Gasteiger partial charge is 0.298 e. The Balaban J connectivity index is 2.29. The predicted molar refractivity (Wildman–Crippen MR) is 80.9 cm³/mol. The Hall–Kier alpha value is -0.730. The highest BCUT2D eigenvalue weighted by Gasteiger charge is 2.36. The molecule has 118 valence electrons. The number of rotatable bonds is 4. The van der Waals surface area contributed by atoms with Gasteiger partial charge >= 0.3 is 0 Å². The van der Waals surface area contributed by atoms with E-state index in [0.29, 0.717) is 12.0 Å². The molecule has 1 aromatic rings. The van der Waals surface area contributed by atoms with Crippen LogP contribution in [0.4, 0.5) is 4.39 Å². The van der Waals surface area contributed by atoms with Gasteiger partial charge in [0.1, 0.15) is 5.82 Å². The minimum absolute atomic E-state index is 0.0600. The number of nitrogens with zero attached hydrogens (tertiary/aromatic N) is 2. The zero-order valence-corrected chi connectivity index (χ0v) is 13.7. The number of hydrogen-bond donors (Lipinski definition) is 1. The van der Waals surface area contributed by atoms with Crippen molar-refractivity contribution in [1.29, 1.82) is 0 Å². The van der Waals surface area contributed by atoms with E-state index in [0.717, 1.165) is 10.8 Å². The molecule has 1 aliphatic heterocycles. The van der Waals surface area contributed by atoms with E-state index < -0.39 is 16.0 Å². The smallest absolute Gasteiger partial charge is 0.279 e. The van der Waals surface area contributed by atoms with Crippen molar-refractivity contribution in [1.82, 2.24) is 13.9 Å². The molecule has 0 saturated carbocycles. The lowest BCUT2D eigenvalue weighted by Crippen LogP contribution is -2.44. The molecule has 2 atom stereocenters. The molecular weight excluding hydrogens is 317 g/mol. The molecule has 0 unspecified atom stereocenters. The number of benzene rings is 1. The predicted octanol–water partition coefficient (Wildman–Crippen LogP) is 1.62. The molecule has 5 nitrogen and oxygen atoms in total. The van der Waals surface area contributed by atoms with Crippen molar-refractivity contribution in [3.8, 4) is 0 Å². The van der Waals surface area contributed by atoms with Gasteiger partial charge in [0.15, 0.2) is 0 Å². The quantitative estimate of drug-likeness (QED) is 0.909.